The summed E-state index contributed by atoms with van der Waals surface area (Å²) >= 11 is 12.0. The number of ether oxygens (including phenoxy) is 1. The van der Waals surface area contributed by atoms with Gasteiger partial charge in [0.25, 0.3) is 5.91 Å². The van der Waals surface area contributed by atoms with Crippen LogP contribution in [0.2, 0.25) is 10.0 Å². The number of hydrogen-bond acceptors (Lipinski definition) is 5. The first-order chi connectivity index (χ1) is 14.1. The van der Waals surface area contributed by atoms with Gasteiger partial charge in [0, 0.05) is 37.4 Å². The summed E-state index contributed by atoms with van der Waals surface area (Å²) in [5.41, 5.74) is 0. The van der Waals surface area contributed by atoms with E-state index in [1.807, 2.05) is 18.2 Å². The van der Waals surface area contributed by atoms with Crippen LogP contribution in [0, 0.1) is 0 Å². The van der Waals surface area contributed by atoms with Crippen LogP contribution in [-0.2, 0) is 6.61 Å². The van der Waals surface area contributed by atoms with Crippen LogP contribution in [0.25, 0.3) is 0 Å². The summed E-state index contributed by atoms with van der Waals surface area (Å²) in [6, 6.07) is 14.2. The maximum absolute atomic E-state index is 12.7. The van der Waals surface area contributed by atoms with Crippen molar-refractivity contribution in [1.29, 1.82) is 0 Å². The van der Waals surface area contributed by atoms with E-state index in [0.29, 0.717) is 40.4 Å². The smallest absolute Gasteiger partial charge is 0.289 e. The summed E-state index contributed by atoms with van der Waals surface area (Å²) < 4.78 is 11.3. The molecule has 0 aliphatic carbocycles. The molecule has 1 aromatic carbocycles. The molecule has 0 spiro atoms. The van der Waals surface area contributed by atoms with E-state index in [4.69, 9.17) is 32.4 Å². The van der Waals surface area contributed by atoms with Gasteiger partial charge in [-0.3, -0.25) is 4.79 Å². The molecule has 4 rings (SSSR count). The zero-order chi connectivity index (χ0) is 20.2. The molecule has 8 heteroatoms. The van der Waals surface area contributed by atoms with E-state index in [9.17, 15) is 4.79 Å². The van der Waals surface area contributed by atoms with Gasteiger partial charge in [-0.1, -0.05) is 29.3 Å². The Kier molecular flexibility index (Phi) is 5.92. The molecule has 0 radical (unpaired) electrons. The van der Waals surface area contributed by atoms with Gasteiger partial charge in [-0.15, -0.1) is 0 Å². The third-order valence-electron chi connectivity index (χ3n) is 4.68. The van der Waals surface area contributed by atoms with Crippen molar-refractivity contribution in [3.63, 3.8) is 0 Å². The summed E-state index contributed by atoms with van der Waals surface area (Å²) in [6.45, 7) is 2.86. The maximum atomic E-state index is 12.7. The molecule has 6 nitrogen and oxygen atoms in total. The second-order valence-corrected chi connectivity index (χ2v) is 7.44. The highest BCUT2D eigenvalue weighted by molar-refractivity contribution is 6.35. The average Bonchev–Trinajstić information content (AvgIpc) is 3.22. The molecule has 3 heterocycles. The van der Waals surface area contributed by atoms with Crippen molar-refractivity contribution in [3.8, 4) is 5.75 Å². The van der Waals surface area contributed by atoms with Gasteiger partial charge in [-0.2, -0.15) is 0 Å². The second-order valence-electron chi connectivity index (χ2n) is 6.60. The molecule has 3 aromatic rings. The third kappa shape index (κ3) is 4.66. The van der Waals surface area contributed by atoms with Crippen LogP contribution in [0.4, 0.5) is 5.82 Å². The average molecular weight is 432 g/mol. The van der Waals surface area contributed by atoms with Crippen molar-refractivity contribution in [2.45, 2.75) is 6.61 Å². The van der Waals surface area contributed by atoms with Crippen molar-refractivity contribution in [1.82, 2.24) is 9.88 Å². The Bertz CT molecular complexity index is 986. The fraction of sp³-hybridized carbons (Fsp3) is 0.238. The summed E-state index contributed by atoms with van der Waals surface area (Å²) in [5.74, 6) is 2.16. The van der Waals surface area contributed by atoms with Gasteiger partial charge < -0.3 is 19.0 Å². The number of halogens is 2. The number of rotatable bonds is 5. The minimum atomic E-state index is -0.124. The van der Waals surface area contributed by atoms with Gasteiger partial charge in [0.2, 0.25) is 0 Å². The van der Waals surface area contributed by atoms with Crippen molar-refractivity contribution in [2.24, 2.45) is 0 Å². The van der Waals surface area contributed by atoms with Crippen LogP contribution < -0.4 is 9.64 Å². The van der Waals surface area contributed by atoms with Gasteiger partial charge in [0.05, 0.1) is 5.02 Å². The lowest BCUT2D eigenvalue weighted by Gasteiger charge is -2.34. The van der Waals surface area contributed by atoms with Crippen LogP contribution in [0.5, 0.6) is 5.75 Å². The molecule has 1 amide bonds. The Balaban J connectivity index is 1.33. The van der Waals surface area contributed by atoms with Crippen molar-refractivity contribution in [3.05, 3.63) is 76.3 Å². The lowest BCUT2D eigenvalue weighted by molar-refractivity contribution is 0.0710. The van der Waals surface area contributed by atoms with Crippen LogP contribution in [0.1, 0.15) is 16.3 Å². The SMILES string of the molecule is O=C(c1ccc(COc2ccc(Cl)cc2Cl)o1)N1CCN(c2ccccn2)CC1. The highest BCUT2D eigenvalue weighted by Crippen LogP contribution is 2.28. The molecule has 1 aliphatic rings. The first-order valence-electron chi connectivity index (χ1n) is 9.22. The molecule has 150 valence electrons. The van der Waals surface area contributed by atoms with Crippen LogP contribution in [0.3, 0.4) is 0 Å². The summed E-state index contributed by atoms with van der Waals surface area (Å²) in [7, 11) is 0. The zero-order valence-corrected chi connectivity index (χ0v) is 17.1. The number of hydrogen-bond donors (Lipinski definition) is 0. The van der Waals surface area contributed by atoms with Crippen molar-refractivity contribution in [2.75, 3.05) is 31.1 Å². The standard InChI is InChI=1S/C21H19Cl2N3O3/c22-15-4-6-18(17(23)13-15)28-14-16-5-7-19(29-16)21(27)26-11-9-25(10-12-26)20-3-1-2-8-24-20/h1-8,13H,9-12,14H2. The molecule has 1 fully saturated rings. The Hall–Kier alpha value is -2.70. The predicted octanol–water partition coefficient (Wildman–Crippen LogP) is 4.52. The number of carbonyl (C=O) groups excluding carboxylic acids is 1. The Labute approximate surface area is 178 Å². The number of carbonyl (C=O) groups is 1. The van der Waals surface area contributed by atoms with E-state index in [2.05, 4.69) is 9.88 Å². The number of nitrogens with zero attached hydrogens (tertiary/aromatic N) is 3. The fourth-order valence-electron chi connectivity index (χ4n) is 3.15. The Morgan fingerprint density at radius 1 is 1.07 bits per heavy atom. The molecule has 0 bridgehead atoms. The zero-order valence-electron chi connectivity index (χ0n) is 15.6. The van der Waals surface area contributed by atoms with Gasteiger partial charge in [0.1, 0.15) is 23.9 Å². The molecular formula is C21H19Cl2N3O3. The molecule has 2 aromatic heterocycles. The Morgan fingerprint density at radius 2 is 1.90 bits per heavy atom. The Morgan fingerprint density at radius 3 is 2.62 bits per heavy atom. The number of benzene rings is 1. The number of anilines is 1. The number of piperazine rings is 1. The summed E-state index contributed by atoms with van der Waals surface area (Å²) in [4.78, 5) is 21.1. The monoisotopic (exact) mass is 431 g/mol. The molecular weight excluding hydrogens is 413 g/mol. The lowest BCUT2D eigenvalue weighted by atomic mass is 10.2. The molecule has 0 unspecified atom stereocenters. The predicted molar refractivity (Wildman–Crippen MR) is 112 cm³/mol. The topological polar surface area (TPSA) is 58.8 Å². The normalized spacial score (nSPS) is 14.1. The number of amides is 1. The minimum absolute atomic E-state index is 0.124. The first-order valence-corrected chi connectivity index (χ1v) is 9.97. The van der Waals surface area contributed by atoms with Crippen LogP contribution in [-0.4, -0.2) is 42.0 Å². The van der Waals surface area contributed by atoms with E-state index in [1.54, 1.807) is 41.4 Å². The molecule has 0 saturated carbocycles. The van der Waals surface area contributed by atoms with Gasteiger partial charge in [-0.25, -0.2) is 4.98 Å². The summed E-state index contributed by atoms with van der Waals surface area (Å²) in [6.07, 6.45) is 1.77. The van der Waals surface area contributed by atoms with E-state index >= 15 is 0 Å². The highest BCUT2D eigenvalue weighted by Gasteiger charge is 2.24. The second kappa shape index (κ2) is 8.76. The minimum Gasteiger partial charge on any atom is -0.484 e. The van der Waals surface area contributed by atoms with Crippen molar-refractivity contribution >= 4 is 34.9 Å². The number of furan rings is 1. The third-order valence-corrected chi connectivity index (χ3v) is 5.21. The van der Waals surface area contributed by atoms with E-state index in [0.717, 1.165) is 18.9 Å². The van der Waals surface area contributed by atoms with E-state index < -0.39 is 0 Å². The maximum Gasteiger partial charge on any atom is 0.289 e. The van der Waals surface area contributed by atoms with Crippen molar-refractivity contribution < 1.29 is 13.9 Å². The largest absolute Gasteiger partial charge is 0.484 e. The number of pyridine rings is 1. The molecule has 0 N–H and O–H groups in total. The summed E-state index contributed by atoms with van der Waals surface area (Å²) in [5, 5.41) is 0.961. The number of aromatic nitrogens is 1. The van der Waals surface area contributed by atoms with Crippen LogP contribution >= 0.6 is 23.2 Å². The van der Waals surface area contributed by atoms with Gasteiger partial charge >= 0.3 is 0 Å². The highest BCUT2D eigenvalue weighted by atomic mass is 35.5. The quantitative estimate of drug-likeness (QED) is 0.593. The van der Waals surface area contributed by atoms with E-state index in [-0.39, 0.29) is 12.5 Å². The molecule has 29 heavy (non-hydrogen) atoms. The van der Waals surface area contributed by atoms with Gasteiger partial charge in [-0.05, 0) is 42.5 Å². The molecule has 0 atom stereocenters. The first kappa shape index (κ1) is 19.6. The molecule has 1 aliphatic heterocycles. The fourth-order valence-corrected chi connectivity index (χ4v) is 3.61. The molecule has 1 saturated heterocycles. The lowest BCUT2D eigenvalue weighted by Crippen LogP contribution is -2.49. The van der Waals surface area contributed by atoms with E-state index in [1.165, 1.54) is 0 Å². The van der Waals surface area contributed by atoms with Gasteiger partial charge in [0.15, 0.2) is 5.76 Å². The van der Waals surface area contributed by atoms with Crippen LogP contribution in [0.15, 0.2) is 59.1 Å².